The van der Waals surface area contributed by atoms with Gasteiger partial charge in [0.15, 0.2) is 11.2 Å². The highest BCUT2D eigenvalue weighted by Gasteiger charge is 2.18. The summed E-state index contributed by atoms with van der Waals surface area (Å²) >= 11 is 6.29. The molecule has 2 heterocycles. The summed E-state index contributed by atoms with van der Waals surface area (Å²) in [5, 5.41) is 3.88. The average molecular weight is 378 g/mol. The van der Waals surface area contributed by atoms with E-state index in [4.69, 9.17) is 11.6 Å². The van der Waals surface area contributed by atoms with Crippen molar-refractivity contribution >= 4 is 28.7 Å². The molecule has 0 spiro atoms. The van der Waals surface area contributed by atoms with Crippen LogP contribution in [0.2, 0.25) is 5.02 Å². The summed E-state index contributed by atoms with van der Waals surface area (Å²) in [6, 6.07) is 7.45. The van der Waals surface area contributed by atoms with Gasteiger partial charge in [0.25, 0.3) is 5.56 Å². The molecule has 8 nitrogen and oxygen atoms in total. The second-order valence-corrected chi connectivity index (χ2v) is 6.89. The molecule has 0 bridgehead atoms. The number of nitrogens with one attached hydrogen (secondary N) is 3. The lowest BCUT2D eigenvalue weighted by molar-refractivity contribution is -0.856. The number of quaternary nitrogens is 1. The van der Waals surface area contributed by atoms with Crippen molar-refractivity contribution in [3.63, 3.8) is 0 Å². The van der Waals surface area contributed by atoms with Gasteiger partial charge in [-0.05, 0) is 11.6 Å². The Kier molecular flexibility index (Phi) is 5.15. The SMILES string of the molecule is Cn1c(=O)[nH]c(=O)c2c1nc(NCC[NH+](C)C)n2Cc1ccccc1Cl. The van der Waals surface area contributed by atoms with E-state index in [1.165, 1.54) is 9.47 Å². The first-order valence-electron chi connectivity index (χ1n) is 8.34. The Morgan fingerprint density at radius 2 is 2.00 bits per heavy atom. The average Bonchev–Trinajstić information content (AvgIpc) is 2.94. The van der Waals surface area contributed by atoms with E-state index in [-0.39, 0.29) is 0 Å². The van der Waals surface area contributed by atoms with Crippen LogP contribution in [0.1, 0.15) is 5.56 Å². The van der Waals surface area contributed by atoms with Crippen LogP contribution in [0.4, 0.5) is 5.95 Å². The fourth-order valence-corrected chi connectivity index (χ4v) is 2.94. The zero-order chi connectivity index (χ0) is 18.8. The lowest BCUT2D eigenvalue weighted by atomic mass is 10.2. The lowest BCUT2D eigenvalue weighted by Gasteiger charge is -2.12. The number of aromatic nitrogens is 4. The first-order valence-corrected chi connectivity index (χ1v) is 8.72. The largest absolute Gasteiger partial charge is 0.350 e. The van der Waals surface area contributed by atoms with Crippen molar-refractivity contribution in [2.45, 2.75) is 6.54 Å². The van der Waals surface area contributed by atoms with Crippen LogP contribution in [0.25, 0.3) is 11.2 Å². The molecule has 0 amide bonds. The quantitative estimate of drug-likeness (QED) is 0.549. The minimum absolute atomic E-state index is 0.338. The maximum absolute atomic E-state index is 12.4. The minimum Gasteiger partial charge on any atom is -0.350 e. The number of halogens is 1. The molecule has 3 rings (SSSR count). The Hall–Kier alpha value is -2.58. The fourth-order valence-electron chi connectivity index (χ4n) is 2.74. The summed E-state index contributed by atoms with van der Waals surface area (Å²) in [7, 11) is 5.70. The van der Waals surface area contributed by atoms with E-state index < -0.39 is 11.2 Å². The number of hydrogen-bond donors (Lipinski definition) is 3. The van der Waals surface area contributed by atoms with Gasteiger partial charge in [0.2, 0.25) is 5.95 Å². The molecule has 0 radical (unpaired) electrons. The van der Waals surface area contributed by atoms with Crippen LogP contribution in [0, 0.1) is 0 Å². The Morgan fingerprint density at radius 1 is 1.27 bits per heavy atom. The molecule has 1 aromatic carbocycles. The number of benzene rings is 1. The first-order chi connectivity index (χ1) is 12.4. The van der Waals surface area contributed by atoms with Gasteiger partial charge in [-0.2, -0.15) is 4.98 Å². The maximum atomic E-state index is 12.4. The molecule has 0 unspecified atom stereocenters. The maximum Gasteiger partial charge on any atom is 0.329 e. The van der Waals surface area contributed by atoms with Crippen molar-refractivity contribution in [3.8, 4) is 0 Å². The Bertz CT molecular complexity index is 1050. The molecule has 0 atom stereocenters. The molecule has 0 fully saturated rings. The second-order valence-electron chi connectivity index (χ2n) is 6.49. The summed E-state index contributed by atoms with van der Waals surface area (Å²) < 4.78 is 3.10. The monoisotopic (exact) mass is 377 g/mol. The van der Waals surface area contributed by atoms with Crippen molar-refractivity contribution in [2.24, 2.45) is 7.05 Å². The van der Waals surface area contributed by atoms with Crippen LogP contribution in [0.15, 0.2) is 33.9 Å². The minimum atomic E-state index is -0.492. The standard InChI is InChI=1S/C17H21ClN6O2/c1-22(2)9-8-19-16-20-14-13(15(25)21-17(26)23(14)3)24(16)10-11-6-4-5-7-12(11)18/h4-7H,8-10H2,1-3H3,(H,19,20)(H,21,25,26)/p+1. The van der Waals surface area contributed by atoms with E-state index in [1.807, 2.05) is 18.2 Å². The van der Waals surface area contributed by atoms with E-state index in [2.05, 4.69) is 29.4 Å². The molecule has 0 saturated heterocycles. The van der Waals surface area contributed by atoms with Gasteiger partial charge in [-0.3, -0.25) is 18.9 Å². The van der Waals surface area contributed by atoms with Gasteiger partial charge in [0.1, 0.15) is 0 Å². The predicted molar refractivity (Wildman–Crippen MR) is 102 cm³/mol. The van der Waals surface area contributed by atoms with Gasteiger partial charge in [-0.25, -0.2) is 4.79 Å². The summed E-state index contributed by atoms with van der Waals surface area (Å²) in [5.74, 6) is 0.535. The number of likely N-dealkylation sites (N-methyl/N-ethyl adjacent to an activating group) is 1. The third kappa shape index (κ3) is 3.51. The molecule has 138 valence electrons. The number of aryl methyl sites for hydroxylation is 1. The zero-order valence-corrected chi connectivity index (χ0v) is 15.7. The zero-order valence-electron chi connectivity index (χ0n) is 15.0. The molecule has 0 aliphatic heterocycles. The van der Waals surface area contributed by atoms with Gasteiger partial charge >= 0.3 is 5.69 Å². The van der Waals surface area contributed by atoms with Crippen molar-refractivity contribution in [3.05, 3.63) is 55.7 Å². The van der Waals surface area contributed by atoms with Gasteiger partial charge in [-0.15, -0.1) is 0 Å². The number of nitrogens with zero attached hydrogens (tertiary/aromatic N) is 3. The van der Waals surface area contributed by atoms with Crippen LogP contribution < -0.4 is 21.5 Å². The summed E-state index contributed by atoms with van der Waals surface area (Å²) in [5.41, 5.74) is 0.586. The van der Waals surface area contributed by atoms with E-state index in [0.717, 1.165) is 12.1 Å². The van der Waals surface area contributed by atoms with E-state index in [9.17, 15) is 9.59 Å². The molecule has 2 aromatic heterocycles. The number of hydrogen-bond acceptors (Lipinski definition) is 4. The molecule has 0 aliphatic carbocycles. The van der Waals surface area contributed by atoms with Crippen molar-refractivity contribution in [1.29, 1.82) is 0 Å². The predicted octanol–water partition coefficient (Wildman–Crippen LogP) is -0.319. The molecule has 3 N–H and O–H groups in total. The van der Waals surface area contributed by atoms with Crippen LogP contribution in [-0.2, 0) is 13.6 Å². The van der Waals surface area contributed by atoms with Gasteiger partial charge in [-0.1, -0.05) is 29.8 Å². The topological polar surface area (TPSA) is 89.2 Å². The number of H-pyrrole nitrogens is 1. The first kappa shape index (κ1) is 18.2. The molecule has 3 aromatic rings. The molecular weight excluding hydrogens is 356 g/mol. The second kappa shape index (κ2) is 7.35. The van der Waals surface area contributed by atoms with Crippen molar-refractivity contribution < 1.29 is 4.90 Å². The number of rotatable bonds is 6. The molecular formula is C17H22ClN6O2+. The number of aromatic amines is 1. The normalized spacial score (nSPS) is 11.4. The molecule has 9 heteroatoms. The van der Waals surface area contributed by atoms with Crippen molar-refractivity contribution in [1.82, 2.24) is 19.1 Å². The van der Waals surface area contributed by atoms with Gasteiger partial charge in [0, 0.05) is 12.1 Å². The van der Waals surface area contributed by atoms with Crippen LogP contribution in [-0.4, -0.2) is 46.3 Å². The molecule has 0 saturated carbocycles. The molecule has 26 heavy (non-hydrogen) atoms. The third-order valence-corrected chi connectivity index (χ3v) is 4.57. The summed E-state index contributed by atoms with van der Waals surface area (Å²) in [6.07, 6.45) is 0. The highest BCUT2D eigenvalue weighted by molar-refractivity contribution is 6.31. The Morgan fingerprint density at radius 3 is 2.69 bits per heavy atom. The van der Waals surface area contributed by atoms with Crippen LogP contribution in [0.3, 0.4) is 0 Å². The third-order valence-electron chi connectivity index (χ3n) is 4.20. The highest BCUT2D eigenvalue weighted by Crippen LogP contribution is 2.21. The smallest absolute Gasteiger partial charge is 0.329 e. The van der Waals surface area contributed by atoms with Crippen molar-refractivity contribution in [2.75, 3.05) is 32.5 Å². The van der Waals surface area contributed by atoms with Crippen LogP contribution in [0.5, 0.6) is 0 Å². The molecule has 0 aliphatic rings. The van der Waals surface area contributed by atoms with E-state index in [1.54, 1.807) is 17.7 Å². The highest BCUT2D eigenvalue weighted by atomic mass is 35.5. The fraction of sp³-hybridized carbons (Fsp3) is 0.353. The Labute approximate surface area is 155 Å². The lowest BCUT2D eigenvalue weighted by Crippen LogP contribution is -3.06. The number of anilines is 1. The number of fused-ring (bicyclic) bond motifs is 1. The van der Waals surface area contributed by atoms with Gasteiger partial charge < -0.3 is 10.2 Å². The Balaban J connectivity index is 2.13. The van der Waals surface area contributed by atoms with Gasteiger partial charge in [0.05, 0.1) is 33.7 Å². The summed E-state index contributed by atoms with van der Waals surface area (Å²) in [6.45, 7) is 1.93. The summed E-state index contributed by atoms with van der Waals surface area (Å²) in [4.78, 5) is 32.5. The van der Waals surface area contributed by atoms with E-state index in [0.29, 0.717) is 35.2 Å². The van der Waals surface area contributed by atoms with Crippen LogP contribution >= 0.6 is 11.6 Å². The van der Waals surface area contributed by atoms with E-state index >= 15 is 0 Å². The number of imidazole rings is 1.